The lowest BCUT2D eigenvalue weighted by molar-refractivity contribution is -0.116. The highest BCUT2D eigenvalue weighted by Gasteiger charge is 2.24. The van der Waals surface area contributed by atoms with Crippen LogP contribution in [-0.2, 0) is 4.79 Å². The van der Waals surface area contributed by atoms with Crippen LogP contribution >= 0.6 is 23.5 Å². The number of carbonyl (C=O) groups excluding carboxylic acids is 1. The van der Waals surface area contributed by atoms with Crippen LogP contribution in [0.25, 0.3) is 11.5 Å². The maximum Gasteiger partial charge on any atom is 0.277 e. The number of nitrogens with zero attached hydrogens (tertiary/aromatic N) is 4. The summed E-state index contributed by atoms with van der Waals surface area (Å²) in [6.45, 7) is 2.92. The number of pyridine rings is 1. The third kappa shape index (κ3) is 4.17. The molecule has 0 fully saturated rings. The highest BCUT2D eigenvalue weighted by Crippen LogP contribution is 2.37. The monoisotopic (exact) mass is 398 g/mol. The lowest BCUT2D eigenvalue weighted by Crippen LogP contribution is -2.33. The van der Waals surface area contributed by atoms with Gasteiger partial charge in [0.25, 0.3) is 5.22 Å². The molecule has 1 aromatic carbocycles. The van der Waals surface area contributed by atoms with Gasteiger partial charge < -0.3 is 9.32 Å². The predicted molar refractivity (Wildman–Crippen MR) is 107 cm³/mol. The number of hydrogen-bond acceptors (Lipinski definition) is 7. The first-order valence-corrected chi connectivity index (χ1v) is 10.5. The van der Waals surface area contributed by atoms with Crippen LogP contribution in [0.5, 0.6) is 0 Å². The van der Waals surface area contributed by atoms with Gasteiger partial charge in [0, 0.05) is 34.6 Å². The van der Waals surface area contributed by atoms with E-state index < -0.39 is 0 Å². The van der Waals surface area contributed by atoms with Gasteiger partial charge in [-0.25, -0.2) is 0 Å². The molecule has 8 heteroatoms. The highest BCUT2D eigenvalue weighted by atomic mass is 32.2. The van der Waals surface area contributed by atoms with Gasteiger partial charge in [0.2, 0.25) is 11.8 Å². The van der Waals surface area contributed by atoms with Gasteiger partial charge in [-0.2, -0.15) is 0 Å². The summed E-state index contributed by atoms with van der Waals surface area (Å²) < 4.78 is 5.66. The van der Waals surface area contributed by atoms with Gasteiger partial charge in [-0.1, -0.05) is 30.8 Å². The molecule has 0 spiro atoms. The molecule has 4 rings (SSSR count). The summed E-state index contributed by atoms with van der Waals surface area (Å²) >= 11 is 3.09. The Labute approximate surface area is 165 Å². The Morgan fingerprint density at radius 1 is 1.26 bits per heavy atom. The molecule has 0 aliphatic carbocycles. The fraction of sp³-hybridized carbons (Fsp3) is 0.263. The average molecular weight is 399 g/mol. The van der Waals surface area contributed by atoms with Crippen LogP contribution in [-0.4, -0.2) is 38.6 Å². The van der Waals surface area contributed by atoms with Crippen molar-refractivity contribution in [3.05, 3.63) is 48.8 Å². The molecule has 1 aliphatic rings. The zero-order chi connectivity index (χ0) is 18.6. The van der Waals surface area contributed by atoms with Gasteiger partial charge in [0.15, 0.2) is 0 Å². The normalized spacial score (nSPS) is 16.6. The minimum Gasteiger partial charge on any atom is -0.411 e. The number of hydrogen-bond donors (Lipinski definition) is 0. The zero-order valence-corrected chi connectivity index (χ0v) is 16.4. The smallest absolute Gasteiger partial charge is 0.277 e. The molecular formula is C19H18N4O2S2. The molecule has 1 aliphatic heterocycles. The summed E-state index contributed by atoms with van der Waals surface area (Å²) in [6.07, 6.45) is 4.31. The number of thioether (sulfide) groups is 2. The third-order valence-electron chi connectivity index (χ3n) is 4.20. The van der Waals surface area contributed by atoms with Crippen LogP contribution in [0.1, 0.15) is 13.3 Å². The number of benzene rings is 1. The van der Waals surface area contributed by atoms with Gasteiger partial charge in [-0.15, -0.1) is 22.0 Å². The summed E-state index contributed by atoms with van der Waals surface area (Å²) in [6, 6.07) is 11.7. The Morgan fingerprint density at radius 2 is 2.07 bits per heavy atom. The largest absolute Gasteiger partial charge is 0.411 e. The van der Waals surface area contributed by atoms with E-state index in [1.54, 1.807) is 24.5 Å². The SMILES string of the molecule is CC1CCN(C(=O)CSc2nnc(-c3ccncc3)o2)c2ccccc2S1. The number of fused-ring (bicyclic) bond motifs is 1. The van der Waals surface area contributed by atoms with Gasteiger partial charge in [-0.3, -0.25) is 9.78 Å². The quantitative estimate of drug-likeness (QED) is 0.612. The number of aromatic nitrogens is 3. The highest BCUT2D eigenvalue weighted by molar-refractivity contribution is 8.00. The summed E-state index contributed by atoms with van der Waals surface area (Å²) in [7, 11) is 0. The predicted octanol–water partition coefficient (Wildman–Crippen LogP) is 4.14. The maximum atomic E-state index is 12.9. The minimum atomic E-state index is 0.0470. The van der Waals surface area contributed by atoms with E-state index in [0.717, 1.165) is 29.1 Å². The van der Waals surface area contributed by atoms with Gasteiger partial charge in [-0.05, 0) is 30.7 Å². The van der Waals surface area contributed by atoms with Crippen molar-refractivity contribution < 1.29 is 9.21 Å². The first-order valence-electron chi connectivity index (χ1n) is 8.63. The van der Waals surface area contributed by atoms with E-state index in [1.807, 2.05) is 34.9 Å². The van der Waals surface area contributed by atoms with E-state index in [4.69, 9.17) is 4.42 Å². The van der Waals surface area contributed by atoms with Crippen molar-refractivity contribution in [2.24, 2.45) is 0 Å². The molecule has 1 atom stereocenters. The van der Waals surface area contributed by atoms with Crippen LogP contribution in [0.3, 0.4) is 0 Å². The summed E-state index contributed by atoms with van der Waals surface area (Å²) in [5, 5.41) is 8.95. The first-order chi connectivity index (χ1) is 13.2. The Bertz CT molecular complexity index is 932. The second kappa shape index (κ2) is 8.14. The van der Waals surface area contributed by atoms with Crippen molar-refractivity contribution >= 4 is 35.1 Å². The van der Waals surface area contributed by atoms with Crippen LogP contribution in [0.2, 0.25) is 0 Å². The molecule has 2 aromatic heterocycles. The Hall–Kier alpha value is -2.32. The number of anilines is 1. The fourth-order valence-electron chi connectivity index (χ4n) is 2.83. The zero-order valence-electron chi connectivity index (χ0n) is 14.7. The Kier molecular flexibility index (Phi) is 5.45. The maximum absolute atomic E-state index is 12.9. The minimum absolute atomic E-state index is 0.0470. The molecule has 0 bridgehead atoms. The van der Waals surface area contributed by atoms with Crippen LogP contribution < -0.4 is 4.90 Å². The topological polar surface area (TPSA) is 72.1 Å². The molecule has 1 amide bonds. The Balaban J connectivity index is 1.45. The molecule has 27 heavy (non-hydrogen) atoms. The van der Waals surface area contributed by atoms with Crippen LogP contribution in [0.15, 0.2) is 63.3 Å². The fourth-order valence-corrected chi connectivity index (χ4v) is 4.58. The van der Waals surface area contributed by atoms with Crippen molar-refractivity contribution in [1.82, 2.24) is 15.2 Å². The number of rotatable bonds is 4. The van der Waals surface area contributed by atoms with Crippen LogP contribution in [0.4, 0.5) is 5.69 Å². The number of amides is 1. The van der Waals surface area contributed by atoms with E-state index in [1.165, 1.54) is 11.8 Å². The van der Waals surface area contributed by atoms with E-state index in [2.05, 4.69) is 28.2 Å². The van der Waals surface area contributed by atoms with E-state index >= 15 is 0 Å². The lowest BCUT2D eigenvalue weighted by Gasteiger charge is -2.22. The summed E-state index contributed by atoms with van der Waals surface area (Å²) in [5.74, 6) is 0.731. The number of para-hydroxylation sites is 1. The molecule has 0 saturated carbocycles. The molecule has 3 aromatic rings. The molecule has 3 heterocycles. The van der Waals surface area contributed by atoms with Crippen molar-refractivity contribution in [2.45, 2.75) is 28.7 Å². The average Bonchev–Trinajstić information content (AvgIpc) is 3.10. The molecule has 0 radical (unpaired) electrons. The van der Waals surface area contributed by atoms with E-state index in [0.29, 0.717) is 16.4 Å². The second-order valence-electron chi connectivity index (χ2n) is 6.13. The molecule has 0 N–H and O–H groups in total. The summed E-state index contributed by atoms with van der Waals surface area (Å²) in [5.41, 5.74) is 1.79. The van der Waals surface area contributed by atoms with Crippen molar-refractivity contribution in [3.8, 4) is 11.5 Å². The van der Waals surface area contributed by atoms with Crippen molar-refractivity contribution in [3.63, 3.8) is 0 Å². The van der Waals surface area contributed by atoms with Gasteiger partial charge in [0.1, 0.15) is 0 Å². The molecule has 1 unspecified atom stereocenters. The molecule has 0 saturated heterocycles. The second-order valence-corrected chi connectivity index (χ2v) is 8.53. The summed E-state index contributed by atoms with van der Waals surface area (Å²) in [4.78, 5) is 19.9. The Morgan fingerprint density at radius 3 is 2.93 bits per heavy atom. The molecule has 6 nitrogen and oxygen atoms in total. The van der Waals surface area contributed by atoms with E-state index in [-0.39, 0.29) is 11.7 Å². The first kappa shape index (κ1) is 18.1. The van der Waals surface area contributed by atoms with Gasteiger partial charge in [0.05, 0.1) is 11.4 Å². The molecular weight excluding hydrogens is 380 g/mol. The standard InChI is InChI=1S/C19H18N4O2S2/c1-13-8-11-23(15-4-2-3-5-16(15)27-13)17(24)12-26-19-22-21-18(25-19)14-6-9-20-10-7-14/h2-7,9-10,13H,8,11-12H2,1H3. The van der Waals surface area contributed by atoms with Crippen molar-refractivity contribution in [2.75, 3.05) is 17.2 Å². The van der Waals surface area contributed by atoms with Crippen LogP contribution in [0, 0.1) is 0 Å². The third-order valence-corrected chi connectivity index (χ3v) is 6.24. The lowest BCUT2D eigenvalue weighted by atomic mass is 10.2. The number of carbonyl (C=O) groups is 1. The van der Waals surface area contributed by atoms with E-state index in [9.17, 15) is 4.79 Å². The van der Waals surface area contributed by atoms with Gasteiger partial charge >= 0.3 is 0 Å². The van der Waals surface area contributed by atoms with Crippen molar-refractivity contribution in [1.29, 1.82) is 0 Å². The molecule has 138 valence electrons.